The highest BCUT2D eigenvalue weighted by atomic mass is 15.1. The summed E-state index contributed by atoms with van der Waals surface area (Å²) in [5, 5.41) is 0. The van der Waals surface area contributed by atoms with E-state index in [2.05, 4.69) is 49.9 Å². The largest absolute Gasteiger partial charge is 0.372 e. The van der Waals surface area contributed by atoms with Crippen molar-refractivity contribution in [1.82, 2.24) is 0 Å². The summed E-state index contributed by atoms with van der Waals surface area (Å²) in [4.78, 5) is 2.66. The lowest BCUT2D eigenvalue weighted by Gasteiger charge is -2.25. The van der Waals surface area contributed by atoms with Gasteiger partial charge in [-0.15, -0.1) is 0 Å². The van der Waals surface area contributed by atoms with Gasteiger partial charge in [0.15, 0.2) is 0 Å². The number of anilines is 1. The molecule has 186 valence electrons. The molecule has 0 amide bonds. The molecule has 0 heterocycles. The first-order chi connectivity index (χ1) is 15.8. The first kappa shape index (κ1) is 29.1. The van der Waals surface area contributed by atoms with Crippen LogP contribution in [0, 0.1) is 6.92 Å². The van der Waals surface area contributed by atoms with Crippen molar-refractivity contribution in [1.29, 1.82) is 0 Å². The van der Waals surface area contributed by atoms with Crippen LogP contribution >= 0.6 is 0 Å². The number of unbranched alkanes of at least 4 members (excludes halogenated alkanes) is 18. The molecular formula is C31H57N. The number of rotatable bonds is 23. The van der Waals surface area contributed by atoms with Gasteiger partial charge in [-0.2, -0.15) is 0 Å². The number of nitrogens with zero attached hydrogens (tertiary/aromatic N) is 1. The van der Waals surface area contributed by atoms with E-state index in [0.29, 0.717) is 0 Å². The van der Waals surface area contributed by atoms with Gasteiger partial charge in [0.25, 0.3) is 0 Å². The van der Waals surface area contributed by atoms with E-state index in [9.17, 15) is 0 Å². The van der Waals surface area contributed by atoms with Crippen LogP contribution in [-0.4, -0.2) is 13.1 Å². The lowest BCUT2D eigenvalue weighted by Crippen LogP contribution is -2.25. The summed E-state index contributed by atoms with van der Waals surface area (Å²) >= 11 is 0. The molecular weight excluding hydrogens is 386 g/mol. The lowest BCUT2D eigenvalue weighted by atomic mass is 10.0. The fourth-order valence-electron chi connectivity index (χ4n) is 4.71. The molecule has 1 nitrogen and oxygen atoms in total. The van der Waals surface area contributed by atoms with Crippen LogP contribution in [0.1, 0.15) is 148 Å². The number of hydrogen-bond acceptors (Lipinski definition) is 1. The Balaban J connectivity index is 2.14. The fraction of sp³-hybridized carbons (Fsp3) is 0.806. The van der Waals surface area contributed by atoms with E-state index in [-0.39, 0.29) is 0 Å². The average molecular weight is 444 g/mol. The maximum absolute atomic E-state index is 2.66. The van der Waals surface area contributed by atoms with Crippen molar-refractivity contribution in [2.75, 3.05) is 18.0 Å². The molecule has 0 saturated heterocycles. The minimum Gasteiger partial charge on any atom is -0.372 e. The maximum atomic E-state index is 2.66. The van der Waals surface area contributed by atoms with Crippen LogP contribution in [0.3, 0.4) is 0 Å². The third-order valence-electron chi connectivity index (χ3n) is 6.96. The molecule has 1 aromatic rings. The van der Waals surface area contributed by atoms with Gasteiger partial charge in [0, 0.05) is 18.8 Å². The predicted octanol–water partition coefficient (Wildman–Crippen LogP) is 10.6. The molecule has 0 aliphatic heterocycles. The van der Waals surface area contributed by atoms with E-state index in [0.717, 1.165) is 0 Å². The van der Waals surface area contributed by atoms with E-state index in [1.807, 2.05) is 0 Å². The van der Waals surface area contributed by atoms with Crippen LogP contribution in [0.15, 0.2) is 24.3 Å². The zero-order valence-electron chi connectivity index (χ0n) is 22.3. The summed E-state index contributed by atoms with van der Waals surface area (Å²) in [5.41, 5.74) is 2.80. The van der Waals surface area contributed by atoms with Crippen LogP contribution in [0.4, 0.5) is 5.69 Å². The molecule has 1 heteroatoms. The molecule has 0 radical (unpaired) electrons. The van der Waals surface area contributed by atoms with Gasteiger partial charge in [-0.05, 0) is 31.9 Å². The van der Waals surface area contributed by atoms with E-state index < -0.39 is 0 Å². The van der Waals surface area contributed by atoms with Gasteiger partial charge in [0.1, 0.15) is 0 Å². The first-order valence-corrected chi connectivity index (χ1v) is 14.6. The molecule has 0 atom stereocenters. The molecule has 0 N–H and O–H groups in total. The summed E-state index contributed by atoms with van der Waals surface area (Å²) in [7, 11) is 0. The monoisotopic (exact) mass is 443 g/mol. The van der Waals surface area contributed by atoms with Crippen molar-refractivity contribution in [2.45, 2.75) is 149 Å². The quantitative estimate of drug-likeness (QED) is 0.152. The van der Waals surface area contributed by atoms with Crippen LogP contribution in [0.2, 0.25) is 0 Å². The summed E-state index contributed by atoms with van der Waals surface area (Å²) < 4.78 is 0. The van der Waals surface area contributed by atoms with Gasteiger partial charge in [-0.1, -0.05) is 147 Å². The standard InChI is InChI=1S/C31H57N/c1-4-6-8-10-12-14-15-16-17-19-21-23-29-32(31-26-24-30(3)25-27-31)28-22-20-18-13-11-9-7-5-2/h24-27H,4-23,28-29H2,1-3H3. The highest BCUT2D eigenvalue weighted by Crippen LogP contribution is 2.19. The fourth-order valence-corrected chi connectivity index (χ4v) is 4.71. The molecule has 0 saturated carbocycles. The molecule has 0 aromatic heterocycles. The van der Waals surface area contributed by atoms with Crippen molar-refractivity contribution < 1.29 is 0 Å². The summed E-state index contributed by atoms with van der Waals surface area (Å²) in [6.07, 6.45) is 28.4. The number of hydrogen-bond donors (Lipinski definition) is 0. The highest BCUT2D eigenvalue weighted by molar-refractivity contribution is 5.47. The Kier molecular flexibility index (Phi) is 19.8. The maximum Gasteiger partial charge on any atom is 0.0366 e. The second-order valence-electron chi connectivity index (χ2n) is 10.2. The topological polar surface area (TPSA) is 3.24 Å². The predicted molar refractivity (Wildman–Crippen MR) is 147 cm³/mol. The Morgan fingerprint density at radius 3 is 1.09 bits per heavy atom. The lowest BCUT2D eigenvalue weighted by molar-refractivity contribution is 0.539. The van der Waals surface area contributed by atoms with Gasteiger partial charge in [-0.25, -0.2) is 0 Å². The van der Waals surface area contributed by atoms with E-state index >= 15 is 0 Å². The SMILES string of the molecule is CCCCCCCCCCCCCCN(CCCCCCCCCC)c1ccc(C)cc1. The Labute approximate surface area is 202 Å². The third kappa shape index (κ3) is 16.6. The molecule has 0 fully saturated rings. The third-order valence-corrected chi connectivity index (χ3v) is 6.96. The summed E-state index contributed by atoms with van der Waals surface area (Å²) in [6.45, 7) is 9.26. The van der Waals surface area contributed by atoms with Gasteiger partial charge >= 0.3 is 0 Å². The van der Waals surface area contributed by atoms with Crippen molar-refractivity contribution in [3.63, 3.8) is 0 Å². The van der Waals surface area contributed by atoms with Gasteiger partial charge in [0.2, 0.25) is 0 Å². The molecule has 1 aromatic carbocycles. The zero-order valence-corrected chi connectivity index (χ0v) is 22.3. The summed E-state index contributed by atoms with van der Waals surface area (Å²) in [5.74, 6) is 0. The van der Waals surface area contributed by atoms with Crippen molar-refractivity contribution >= 4 is 5.69 Å². The van der Waals surface area contributed by atoms with Gasteiger partial charge in [0.05, 0.1) is 0 Å². The van der Waals surface area contributed by atoms with Gasteiger partial charge in [-0.3, -0.25) is 0 Å². The van der Waals surface area contributed by atoms with E-state index in [1.54, 1.807) is 0 Å². The molecule has 1 rings (SSSR count). The van der Waals surface area contributed by atoms with Crippen LogP contribution in [0.5, 0.6) is 0 Å². The number of benzene rings is 1. The van der Waals surface area contributed by atoms with Crippen LogP contribution in [-0.2, 0) is 0 Å². The molecule has 0 spiro atoms. The molecule has 0 unspecified atom stereocenters. The Hall–Kier alpha value is -0.980. The Bertz CT molecular complexity index is 492. The molecule has 0 aliphatic carbocycles. The first-order valence-electron chi connectivity index (χ1n) is 14.6. The van der Waals surface area contributed by atoms with E-state index in [1.165, 1.54) is 153 Å². The Morgan fingerprint density at radius 1 is 0.438 bits per heavy atom. The van der Waals surface area contributed by atoms with Gasteiger partial charge < -0.3 is 4.90 Å². The second kappa shape index (κ2) is 21.8. The van der Waals surface area contributed by atoms with Crippen molar-refractivity contribution in [2.24, 2.45) is 0 Å². The zero-order chi connectivity index (χ0) is 23.1. The van der Waals surface area contributed by atoms with Crippen LogP contribution < -0.4 is 4.90 Å². The van der Waals surface area contributed by atoms with Crippen molar-refractivity contribution in [3.05, 3.63) is 29.8 Å². The minimum atomic E-state index is 1.23. The molecule has 0 bridgehead atoms. The minimum absolute atomic E-state index is 1.23. The second-order valence-corrected chi connectivity index (χ2v) is 10.2. The smallest absolute Gasteiger partial charge is 0.0366 e. The van der Waals surface area contributed by atoms with Crippen molar-refractivity contribution in [3.8, 4) is 0 Å². The molecule has 0 aliphatic rings. The average Bonchev–Trinajstić information content (AvgIpc) is 2.80. The molecule has 32 heavy (non-hydrogen) atoms. The van der Waals surface area contributed by atoms with Crippen LogP contribution in [0.25, 0.3) is 0 Å². The van der Waals surface area contributed by atoms with E-state index in [4.69, 9.17) is 0 Å². The highest BCUT2D eigenvalue weighted by Gasteiger charge is 2.06. The summed E-state index contributed by atoms with van der Waals surface area (Å²) in [6, 6.07) is 9.22. The number of aryl methyl sites for hydroxylation is 1. The Morgan fingerprint density at radius 2 is 0.750 bits per heavy atom. The normalized spacial score (nSPS) is 11.2.